The summed E-state index contributed by atoms with van der Waals surface area (Å²) in [5.41, 5.74) is 0.909. The zero-order valence-corrected chi connectivity index (χ0v) is 31.1. The van der Waals surface area contributed by atoms with Gasteiger partial charge in [-0.25, -0.2) is 38.0 Å². The number of aromatic nitrogens is 5. The molecule has 8 rings (SSSR count). The molecule has 0 bridgehead atoms. The number of hydrogen-bond acceptors (Lipinski definition) is 10. The highest BCUT2D eigenvalue weighted by molar-refractivity contribution is 6.05. The summed E-state index contributed by atoms with van der Waals surface area (Å²) in [6, 6.07) is 4.03. The van der Waals surface area contributed by atoms with Crippen molar-refractivity contribution in [3.8, 4) is 11.3 Å². The van der Waals surface area contributed by atoms with Crippen LogP contribution in [-0.4, -0.2) is 89.1 Å². The number of halogens is 5. The van der Waals surface area contributed by atoms with Crippen molar-refractivity contribution in [1.29, 1.82) is 0 Å². The third-order valence-electron chi connectivity index (χ3n) is 10.7. The number of rotatable bonds is 9. The molecule has 296 valence electrons. The number of fused-ring (bicyclic) bond motifs is 2. The number of piperazine rings is 1. The number of carbonyl (C=O) groups is 3. The van der Waals surface area contributed by atoms with Crippen LogP contribution in [0.4, 0.5) is 33.7 Å². The van der Waals surface area contributed by atoms with Gasteiger partial charge in [-0.15, -0.1) is 0 Å². The highest BCUT2D eigenvalue weighted by atomic mass is 19.3. The molecule has 1 atom stereocenters. The maximum Gasteiger partial charge on any atom is 0.333 e. The van der Waals surface area contributed by atoms with E-state index in [1.807, 2.05) is 23.3 Å². The number of aryl methyl sites for hydroxylation is 1. The summed E-state index contributed by atoms with van der Waals surface area (Å²) in [4.78, 5) is 57.8. The summed E-state index contributed by atoms with van der Waals surface area (Å²) in [6.07, 6.45) is 2.19. The van der Waals surface area contributed by atoms with Crippen LogP contribution in [0.3, 0.4) is 0 Å². The van der Waals surface area contributed by atoms with E-state index in [0.29, 0.717) is 16.9 Å². The van der Waals surface area contributed by atoms with Crippen LogP contribution >= 0.6 is 0 Å². The fraction of sp³-hybridized carbons (Fsp3) is 0.359. The molecule has 0 saturated carbocycles. The highest BCUT2D eigenvalue weighted by Crippen LogP contribution is 2.35. The Morgan fingerprint density at radius 3 is 2.42 bits per heavy atom. The maximum absolute atomic E-state index is 15.8. The Morgan fingerprint density at radius 2 is 1.72 bits per heavy atom. The maximum atomic E-state index is 15.8. The van der Waals surface area contributed by atoms with E-state index >= 15 is 22.0 Å². The summed E-state index contributed by atoms with van der Waals surface area (Å²) < 4.78 is 79.2. The first kappa shape index (κ1) is 38.0. The summed E-state index contributed by atoms with van der Waals surface area (Å²) in [5, 5.41) is 5.03. The Bertz CT molecular complexity index is 2430. The molecule has 57 heavy (non-hydrogen) atoms. The molecule has 3 aromatic heterocycles. The molecule has 2 aromatic carbocycles. The second-order valence-corrected chi connectivity index (χ2v) is 14.7. The van der Waals surface area contributed by atoms with Crippen molar-refractivity contribution in [2.45, 2.75) is 64.8 Å². The molecule has 13 nitrogen and oxygen atoms in total. The quantitative estimate of drug-likeness (QED) is 0.111. The van der Waals surface area contributed by atoms with Crippen LogP contribution in [0, 0.1) is 24.4 Å². The van der Waals surface area contributed by atoms with Crippen LogP contribution < -0.4 is 10.6 Å². The molecule has 2 fully saturated rings. The number of imide groups is 1. The molecule has 1 unspecified atom stereocenters. The van der Waals surface area contributed by atoms with E-state index in [9.17, 15) is 14.4 Å². The summed E-state index contributed by atoms with van der Waals surface area (Å²) >= 11 is 0. The number of benzene rings is 2. The third kappa shape index (κ3) is 6.96. The molecule has 5 aromatic rings. The Labute approximate surface area is 322 Å². The standard InChI is InChI=1S/C39H37F5N10O3/c1-20(2)54-21(3)47-35-27(40)14-23(15-30(35)54)34-28(41)17-46-38(50-34)48-31-8-5-24(16-45-31)39(43,44)52-12-10-51(11-13-52)18-22-4-6-25-26(33(22)42)19-53(37(25)57)29-7-9-32(55)49-36(29)56/h4-6,8,14-17,20,29H,7,9-13,18-19H2,1-3H3,(H,49,55,56)(H,45,46,48,50). The number of anilines is 2. The third-order valence-corrected chi connectivity index (χ3v) is 10.7. The van der Waals surface area contributed by atoms with Gasteiger partial charge in [-0.3, -0.25) is 24.6 Å². The zero-order valence-electron chi connectivity index (χ0n) is 31.1. The van der Waals surface area contributed by atoms with E-state index in [-0.39, 0.29) is 103 Å². The minimum Gasteiger partial charge on any atom is -0.326 e. The number of nitrogens with zero attached hydrogens (tertiary/aromatic N) is 8. The van der Waals surface area contributed by atoms with E-state index in [1.54, 1.807) is 13.0 Å². The first-order valence-electron chi connectivity index (χ1n) is 18.4. The van der Waals surface area contributed by atoms with Crippen LogP contribution in [0.1, 0.15) is 65.6 Å². The lowest BCUT2D eigenvalue weighted by atomic mass is 10.0. The van der Waals surface area contributed by atoms with Crippen molar-refractivity contribution in [3.63, 3.8) is 0 Å². The van der Waals surface area contributed by atoms with E-state index in [4.69, 9.17) is 0 Å². The smallest absolute Gasteiger partial charge is 0.326 e. The molecule has 3 aliphatic rings. The lowest BCUT2D eigenvalue weighted by molar-refractivity contribution is -0.168. The van der Waals surface area contributed by atoms with Crippen LogP contribution in [0.15, 0.2) is 48.8 Å². The number of imidazole rings is 1. The summed E-state index contributed by atoms with van der Waals surface area (Å²) in [6.45, 7) is 6.00. The van der Waals surface area contributed by atoms with E-state index in [1.165, 1.54) is 29.2 Å². The lowest BCUT2D eigenvalue weighted by Gasteiger charge is -2.38. The molecule has 2 N–H and O–H groups in total. The average molecular weight is 789 g/mol. The Balaban J connectivity index is 0.902. The van der Waals surface area contributed by atoms with Crippen LogP contribution in [0.5, 0.6) is 0 Å². The normalized spacial score (nSPS) is 18.2. The van der Waals surface area contributed by atoms with Gasteiger partial charge in [0.05, 0.1) is 23.8 Å². The number of amides is 3. The first-order chi connectivity index (χ1) is 27.2. The molecular weight excluding hydrogens is 751 g/mol. The van der Waals surface area contributed by atoms with Gasteiger partial charge in [0.15, 0.2) is 11.6 Å². The highest BCUT2D eigenvalue weighted by Gasteiger charge is 2.42. The zero-order chi connectivity index (χ0) is 40.3. The largest absolute Gasteiger partial charge is 0.333 e. The topological polar surface area (TPSA) is 141 Å². The fourth-order valence-corrected chi connectivity index (χ4v) is 7.83. The summed E-state index contributed by atoms with van der Waals surface area (Å²) in [5.74, 6) is -2.85. The molecule has 18 heteroatoms. The molecular formula is C39H37F5N10O3. The van der Waals surface area contributed by atoms with Crippen molar-refractivity contribution >= 4 is 40.5 Å². The van der Waals surface area contributed by atoms with E-state index < -0.39 is 47.3 Å². The van der Waals surface area contributed by atoms with Gasteiger partial charge in [0.2, 0.25) is 17.8 Å². The number of carbonyl (C=O) groups excluding carboxylic acids is 3. The molecule has 2 saturated heterocycles. The molecule has 3 aliphatic heterocycles. The number of alkyl halides is 2. The Hall–Kier alpha value is -5.88. The second kappa shape index (κ2) is 14.6. The monoisotopic (exact) mass is 788 g/mol. The van der Waals surface area contributed by atoms with Crippen molar-refractivity contribution in [1.82, 2.24) is 44.5 Å². The van der Waals surface area contributed by atoms with Crippen molar-refractivity contribution in [2.24, 2.45) is 0 Å². The van der Waals surface area contributed by atoms with Crippen molar-refractivity contribution < 1.29 is 36.3 Å². The van der Waals surface area contributed by atoms with E-state index in [2.05, 4.69) is 30.6 Å². The number of pyridine rings is 1. The number of nitrogens with one attached hydrogen (secondary N) is 2. The van der Waals surface area contributed by atoms with Gasteiger partial charge in [0.1, 0.15) is 34.7 Å². The van der Waals surface area contributed by atoms with Gasteiger partial charge < -0.3 is 14.8 Å². The molecule has 0 aliphatic carbocycles. The van der Waals surface area contributed by atoms with Crippen molar-refractivity contribution in [3.05, 3.63) is 94.3 Å². The lowest BCUT2D eigenvalue weighted by Crippen LogP contribution is -2.52. The molecule has 6 heterocycles. The first-order valence-corrected chi connectivity index (χ1v) is 18.4. The molecule has 3 amide bonds. The van der Waals surface area contributed by atoms with Gasteiger partial charge in [-0.2, -0.15) is 8.78 Å². The predicted molar refractivity (Wildman–Crippen MR) is 197 cm³/mol. The molecule has 0 spiro atoms. The second-order valence-electron chi connectivity index (χ2n) is 14.7. The minimum absolute atomic E-state index is 0.0303. The Kier molecular flexibility index (Phi) is 9.71. The van der Waals surface area contributed by atoms with Crippen LogP contribution in [0.25, 0.3) is 22.3 Å². The number of piperidine rings is 1. The average Bonchev–Trinajstić information content (AvgIpc) is 3.70. The summed E-state index contributed by atoms with van der Waals surface area (Å²) in [7, 11) is 0. The minimum atomic E-state index is -3.39. The predicted octanol–water partition coefficient (Wildman–Crippen LogP) is 5.57. The van der Waals surface area contributed by atoms with Gasteiger partial charge >= 0.3 is 6.05 Å². The van der Waals surface area contributed by atoms with Crippen LogP contribution in [-0.2, 0) is 28.7 Å². The van der Waals surface area contributed by atoms with Gasteiger partial charge in [0.25, 0.3) is 5.91 Å². The van der Waals surface area contributed by atoms with E-state index in [0.717, 1.165) is 23.4 Å². The number of hydrogen-bond donors (Lipinski definition) is 2. The van der Waals surface area contributed by atoms with Gasteiger partial charge in [-0.1, -0.05) is 6.07 Å². The van der Waals surface area contributed by atoms with Gasteiger partial charge in [-0.05, 0) is 57.5 Å². The molecule has 0 radical (unpaired) electrons. The van der Waals surface area contributed by atoms with Crippen LogP contribution in [0.2, 0.25) is 0 Å². The van der Waals surface area contributed by atoms with Crippen molar-refractivity contribution in [2.75, 3.05) is 31.5 Å². The SMILES string of the molecule is Cc1nc2c(F)cc(-c3nc(Nc4ccc(C(F)(F)N5CCN(Cc6ccc7c(c6F)CN(C6CCC(=O)NC6=O)C7=O)CC5)cn4)ncc3F)cc2n1C(C)C. The van der Waals surface area contributed by atoms with Gasteiger partial charge in [0, 0.05) is 73.6 Å². The Morgan fingerprint density at radius 1 is 0.947 bits per heavy atom. The fourth-order valence-electron chi connectivity index (χ4n) is 7.83.